The predicted octanol–water partition coefficient (Wildman–Crippen LogP) is 3.90. The number of hydrogen-bond donors (Lipinski definition) is 0. The highest BCUT2D eigenvalue weighted by atomic mass is 16.3. The van der Waals surface area contributed by atoms with Gasteiger partial charge < -0.3 is 9.32 Å². The number of hydrogen-bond acceptors (Lipinski definition) is 5. The van der Waals surface area contributed by atoms with E-state index in [0.29, 0.717) is 11.6 Å². The Bertz CT molecular complexity index is 829. The number of rotatable bonds is 2. The van der Waals surface area contributed by atoms with Crippen molar-refractivity contribution >= 4 is 17.0 Å². The number of furan rings is 1. The van der Waals surface area contributed by atoms with Crippen molar-refractivity contribution in [3.63, 3.8) is 0 Å². The number of piperidine rings is 1. The minimum atomic E-state index is 0.231. The molecule has 5 nitrogen and oxygen atoms in total. The van der Waals surface area contributed by atoms with Gasteiger partial charge in [0, 0.05) is 18.9 Å². The molecule has 0 aromatic carbocycles. The lowest BCUT2D eigenvalue weighted by molar-refractivity contribution is 0.323. The SMILES string of the molecule is Cc1ccc(C2CC(C)CCN2c2ccc3nccnc3n2)o1. The van der Waals surface area contributed by atoms with Crippen LogP contribution in [0.15, 0.2) is 41.1 Å². The number of nitrogens with zero attached hydrogens (tertiary/aromatic N) is 4. The molecule has 0 bridgehead atoms. The second-order valence-corrected chi connectivity index (χ2v) is 6.36. The molecule has 1 aliphatic heterocycles. The van der Waals surface area contributed by atoms with E-state index in [9.17, 15) is 0 Å². The summed E-state index contributed by atoms with van der Waals surface area (Å²) in [4.78, 5) is 15.7. The topological polar surface area (TPSA) is 55.1 Å². The third kappa shape index (κ3) is 2.67. The van der Waals surface area contributed by atoms with Crippen LogP contribution >= 0.6 is 0 Å². The van der Waals surface area contributed by atoms with Crippen molar-refractivity contribution in [1.82, 2.24) is 15.0 Å². The highest BCUT2D eigenvalue weighted by Crippen LogP contribution is 2.37. The Morgan fingerprint density at radius 1 is 1.13 bits per heavy atom. The number of fused-ring (bicyclic) bond motifs is 1. The summed E-state index contributed by atoms with van der Waals surface area (Å²) in [7, 11) is 0. The van der Waals surface area contributed by atoms with Crippen LogP contribution in [0.5, 0.6) is 0 Å². The van der Waals surface area contributed by atoms with Crippen LogP contribution in [0.4, 0.5) is 5.82 Å². The van der Waals surface area contributed by atoms with Crippen molar-refractivity contribution in [2.75, 3.05) is 11.4 Å². The molecule has 23 heavy (non-hydrogen) atoms. The monoisotopic (exact) mass is 308 g/mol. The van der Waals surface area contributed by atoms with E-state index < -0.39 is 0 Å². The Balaban J connectivity index is 1.73. The van der Waals surface area contributed by atoms with E-state index in [1.807, 2.05) is 25.1 Å². The number of anilines is 1. The predicted molar refractivity (Wildman–Crippen MR) is 89.3 cm³/mol. The van der Waals surface area contributed by atoms with Crippen molar-refractivity contribution < 1.29 is 4.42 Å². The lowest BCUT2D eigenvalue weighted by Gasteiger charge is -2.38. The molecule has 1 saturated heterocycles. The number of aromatic nitrogens is 3. The Morgan fingerprint density at radius 2 is 2.00 bits per heavy atom. The minimum Gasteiger partial charge on any atom is -0.464 e. The molecule has 1 aliphatic rings. The van der Waals surface area contributed by atoms with Crippen LogP contribution in [0.1, 0.15) is 37.3 Å². The van der Waals surface area contributed by atoms with Gasteiger partial charge in [-0.25, -0.2) is 9.97 Å². The molecule has 4 rings (SSSR count). The van der Waals surface area contributed by atoms with Gasteiger partial charge in [0.2, 0.25) is 0 Å². The first kappa shape index (κ1) is 14.2. The summed E-state index contributed by atoms with van der Waals surface area (Å²) in [5.41, 5.74) is 1.52. The summed E-state index contributed by atoms with van der Waals surface area (Å²) in [6, 6.07) is 8.38. The fourth-order valence-corrected chi connectivity index (χ4v) is 3.32. The zero-order valence-electron chi connectivity index (χ0n) is 13.4. The van der Waals surface area contributed by atoms with Gasteiger partial charge in [-0.15, -0.1) is 0 Å². The molecule has 0 radical (unpaired) electrons. The molecule has 2 atom stereocenters. The Hall–Kier alpha value is -2.43. The molecule has 0 saturated carbocycles. The van der Waals surface area contributed by atoms with E-state index in [4.69, 9.17) is 9.40 Å². The van der Waals surface area contributed by atoms with E-state index >= 15 is 0 Å². The first-order valence-electron chi connectivity index (χ1n) is 8.11. The van der Waals surface area contributed by atoms with Crippen LogP contribution in [-0.4, -0.2) is 21.5 Å². The van der Waals surface area contributed by atoms with Crippen LogP contribution in [-0.2, 0) is 0 Å². The smallest absolute Gasteiger partial charge is 0.180 e. The molecule has 118 valence electrons. The van der Waals surface area contributed by atoms with Gasteiger partial charge in [0.05, 0.1) is 6.04 Å². The molecule has 0 spiro atoms. The third-order valence-corrected chi connectivity index (χ3v) is 4.57. The zero-order chi connectivity index (χ0) is 15.8. The zero-order valence-corrected chi connectivity index (χ0v) is 13.4. The molecule has 3 aromatic heterocycles. The lowest BCUT2D eigenvalue weighted by Crippen LogP contribution is -2.36. The molecule has 0 aliphatic carbocycles. The molecule has 2 unspecified atom stereocenters. The highest BCUT2D eigenvalue weighted by molar-refractivity contribution is 5.71. The summed E-state index contributed by atoms with van der Waals surface area (Å²) in [6.07, 6.45) is 5.62. The summed E-state index contributed by atoms with van der Waals surface area (Å²) in [5, 5.41) is 0. The Labute approximate surface area is 135 Å². The molecule has 5 heteroatoms. The first-order chi connectivity index (χ1) is 11.2. The summed E-state index contributed by atoms with van der Waals surface area (Å²) in [6.45, 7) is 5.27. The van der Waals surface area contributed by atoms with Gasteiger partial charge in [-0.3, -0.25) is 4.98 Å². The maximum Gasteiger partial charge on any atom is 0.180 e. The van der Waals surface area contributed by atoms with Crippen molar-refractivity contribution in [1.29, 1.82) is 0 Å². The van der Waals surface area contributed by atoms with Crippen molar-refractivity contribution in [2.45, 2.75) is 32.7 Å². The molecule has 0 N–H and O–H groups in total. The van der Waals surface area contributed by atoms with Crippen LogP contribution in [0, 0.1) is 12.8 Å². The van der Waals surface area contributed by atoms with Gasteiger partial charge in [0.25, 0.3) is 0 Å². The Kier molecular flexibility index (Phi) is 3.48. The van der Waals surface area contributed by atoms with Gasteiger partial charge in [-0.2, -0.15) is 0 Å². The summed E-state index contributed by atoms with van der Waals surface area (Å²) in [5.74, 6) is 3.61. The normalized spacial score (nSPS) is 21.7. The second kappa shape index (κ2) is 5.65. The molecule has 4 heterocycles. The number of pyridine rings is 1. The first-order valence-corrected chi connectivity index (χ1v) is 8.11. The third-order valence-electron chi connectivity index (χ3n) is 4.57. The van der Waals surface area contributed by atoms with E-state index in [-0.39, 0.29) is 6.04 Å². The van der Waals surface area contributed by atoms with Gasteiger partial charge in [0.1, 0.15) is 22.9 Å². The van der Waals surface area contributed by atoms with Crippen LogP contribution in [0.25, 0.3) is 11.2 Å². The van der Waals surface area contributed by atoms with Crippen molar-refractivity contribution in [3.8, 4) is 0 Å². The molecule has 1 fully saturated rings. The summed E-state index contributed by atoms with van der Waals surface area (Å²) >= 11 is 0. The fraction of sp³-hybridized carbons (Fsp3) is 0.389. The van der Waals surface area contributed by atoms with Crippen LogP contribution in [0.2, 0.25) is 0 Å². The maximum atomic E-state index is 5.91. The van der Waals surface area contributed by atoms with Gasteiger partial charge in [-0.1, -0.05) is 6.92 Å². The van der Waals surface area contributed by atoms with E-state index in [2.05, 4.69) is 27.9 Å². The van der Waals surface area contributed by atoms with Crippen LogP contribution in [0.3, 0.4) is 0 Å². The molecular formula is C18H20N4O. The molecule has 3 aromatic rings. The highest BCUT2D eigenvalue weighted by Gasteiger charge is 2.30. The molecule has 0 amide bonds. The van der Waals surface area contributed by atoms with Crippen LogP contribution < -0.4 is 4.90 Å². The largest absolute Gasteiger partial charge is 0.464 e. The minimum absolute atomic E-state index is 0.231. The maximum absolute atomic E-state index is 5.91. The van der Waals surface area contributed by atoms with Gasteiger partial charge >= 0.3 is 0 Å². The van der Waals surface area contributed by atoms with Gasteiger partial charge in [0.15, 0.2) is 5.65 Å². The van der Waals surface area contributed by atoms with Crippen molar-refractivity contribution in [3.05, 3.63) is 48.2 Å². The van der Waals surface area contributed by atoms with Gasteiger partial charge in [-0.05, 0) is 49.9 Å². The van der Waals surface area contributed by atoms with E-state index in [0.717, 1.165) is 42.2 Å². The quantitative estimate of drug-likeness (QED) is 0.718. The fourth-order valence-electron chi connectivity index (χ4n) is 3.32. The average molecular weight is 308 g/mol. The molecular weight excluding hydrogens is 288 g/mol. The van der Waals surface area contributed by atoms with E-state index in [1.54, 1.807) is 12.4 Å². The Morgan fingerprint density at radius 3 is 2.83 bits per heavy atom. The second-order valence-electron chi connectivity index (χ2n) is 6.36. The summed E-state index contributed by atoms with van der Waals surface area (Å²) < 4.78 is 5.91. The van der Waals surface area contributed by atoms with Crippen molar-refractivity contribution in [2.24, 2.45) is 5.92 Å². The lowest BCUT2D eigenvalue weighted by atomic mass is 9.91. The number of aryl methyl sites for hydroxylation is 1. The standard InChI is InChI=1S/C18H20N4O/c1-12-7-10-22(15(11-12)16-5-3-13(2)23-16)17-6-4-14-18(21-17)20-9-8-19-14/h3-6,8-9,12,15H,7,10-11H2,1-2H3. The van der Waals surface area contributed by atoms with E-state index in [1.165, 1.54) is 0 Å². The average Bonchev–Trinajstić information content (AvgIpc) is 3.01.